The summed E-state index contributed by atoms with van der Waals surface area (Å²) in [6.45, 7) is 0. The van der Waals surface area contributed by atoms with Crippen LogP contribution < -0.4 is 9.47 Å². The first-order chi connectivity index (χ1) is 9.56. The molecule has 0 amide bonds. The van der Waals surface area contributed by atoms with Crippen LogP contribution in [0.2, 0.25) is 5.02 Å². The maximum Gasteiger partial charge on any atom is 0.335 e. The Labute approximate surface area is 121 Å². The molecule has 0 unspecified atom stereocenters. The van der Waals surface area contributed by atoms with E-state index < -0.39 is 5.97 Å². The lowest BCUT2D eigenvalue weighted by Gasteiger charge is -2.12. The SMILES string of the molecule is COc1ccc(Cl)c(-c2ccc(C(=O)O)cc2OC)c1. The number of benzene rings is 2. The minimum atomic E-state index is -1.01. The molecule has 5 heteroatoms. The fraction of sp³-hybridized carbons (Fsp3) is 0.133. The molecule has 0 aromatic heterocycles. The Balaban J connectivity index is 2.60. The summed E-state index contributed by atoms with van der Waals surface area (Å²) < 4.78 is 10.4. The zero-order valence-electron chi connectivity index (χ0n) is 11.0. The van der Waals surface area contributed by atoms with Gasteiger partial charge in [0.25, 0.3) is 0 Å². The Morgan fingerprint density at radius 2 is 1.80 bits per heavy atom. The van der Waals surface area contributed by atoms with Crippen LogP contribution in [0.4, 0.5) is 0 Å². The molecule has 0 bridgehead atoms. The number of hydrogen-bond donors (Lipinski definition) is 1. The van der Waals surface area contributed by atoms with Crippen LogP contribution in [0, 0.1) is 0 Å². The number of ether oxygens (including phenoxy) is 2. The van der Waals surface area contributed by atoms with E-state index in [1.807, 2.05) is 0 Å². The van der Waals surface area contributed by atoms with E-state index in [1.165, 1.54) is 19.2 Å². The summed E-state index contributed by atoms with van der Waals surface area (Å²) in [6, 6.07) is 9.90. The summed E-state index contributed by atoms with van der Waals surface area (Å²) >= 11 is 6.19. The molecule has 1 N–H and O–H groups in total. The number of carbonyl (C=O) groups is 1. The fourth-order valence-electron chi connectivity index (χ4n) is 1.88. The number of carboxylic acids is 1. The van der Waals surface area contributed by atoms with Gasteiger partial charge in [-0.15, -0.1) is 0 Å². The maximum absolute atomic E-state index is 11.0. The lowest BCUT2D eigenvalue weighted by molar-refractivity contribution is 0.0696. The third kappa shape index (κ3) is 2.70. The largest absolute Gasteiger partial charge is 0.497 e. The maximum atomic E-state index is 11.0. The van der Waals surface area contributed by atoms with Gasteiger partial charge in [0.2, 0.25) is 0 Å². The number of rotatable bonds is 4. The molecule has 0 aliphatic heterocycles. The van der Waals surface area contributed by atoms with E-state index in [2.05, 4.69) is 0 Å². The van der Waals surface area contributed by atoms with Gasteiger partial charge in [0, 0.05) is 16.1 Å². The summed E-state index contributed by atoms with van der Waals surface area (Å²) in [5.74, 6) is 0.0976. The predicted molar refractivity (Wildman–Crippen MR) is 77.0 cm³/mol. The van der Waals surface area contributed by atoms with Crippen LogP contribution >= 0.6 is 11.6 Å². The van der Waals surface area contributed by atoms with Crippen LogP contribution in [0.1, 0.15) is 10.4 Å². The molecule has 4 nitrogen and oxygen atoms in total. The standard InChI is InChI=1S/C15H13ClO4/c1-19-10-4-6-13(16)12(8-10)11-5-3-9(15(17)18)7-14(11)20-2/h3-8H,1-2H3,(H,17,18). The highest BCUT2D eigenvalue weighted by Crippen LogP contribution is 2.37. The van der Waals surface area contributed by atoms with Gasteiger partial charge in [-0.05, 0) is 36.4 Å². The second-order valence-corrected chi connectivity index (χ2v) is 4.47. The normalized spacial score (nSPS) is 10.2. The summed E-state index contributed by atoms with van der Waals surface area (Å²) in [5, 5.41) is 9.54. The molecule has 2 rings (SSSR count). The quantitative estimate of drug-likeness (QED) is 0.933. The van der Waals surface area contributed by atoms with E-state index >= 15 is 0 Å². The Hall–Kier alpha value is -2.20. The van der Waals surface area contributed by atoms with Crippen LogP contribution in [-0.2, 0) is 0 Å². The first-order valence-electron chi connectivity index (χ1n) is 5.82. The number of halogens is 1. The Morgan fingerprint density at radius 1 is 1.05 bits per heavy atom. The molecular formula is C15H13ClO4. The van der Waals surface area contributed by atoms with Crippen LogP contribution in [-0.4, -0.2) is 25.3 Å². The Kier molecular flexibility index (Phi) is 4.15. The topological polar surface area (TPSA) is 55.8 Å². The van der Waals surface area contributed by atoms with Gasteiger partial charge >= 0.3 is 5.97 Å². The van der Waals surface area contributed by atoms with Crippen molar-refractivity contribution in [2.45, 2.75) is 0 Å². The van der Waals surface area contributed by atoms with Crippen molar-refractivity contribution < 1.29 is 19.4 Å². The van der Waals surface area contributed by atoms with Crippen LogP contribution in [0.5, 0.6) is 11.5 Å². The first kappa shape index (κ1) is 14.2. The lowest BCUT2D eigenvalue weighted by atomic mass is 10.0. The molecule has 0 atom stereocenters. The molecule has 0 radical (unpaired) electrons. The molecule has 0 aliphatic carbocycles. The van der Waals surface area contributed by atoms with Gasteiger partial charge in [-0.3, -0.25) is 0 Å². The van der Waals surface area contributed by atoms with Gasteiger partial charge in [0.05, 0.1) is 19.8 Å². The van der Waals surface area contributed by atoms with Gasteiger partial charge in [0.1, 0.15) is 11.5 Å². The highest BCUT2D eigenvalue weighted by atomic mass is 35.5. The molecule has 0 aliphatic rings. The fourth-order valence-corrected chi connectivity index (χ4v) is 2.10. The first-order valence-corrected chi connectivity index (χ1v) is 6.20. The van der Waals surface area contributed by atoms with Crippen molar-refractivity contribution in [1.82, 2.24) is 0 Å². The molecule has 0 saturated carbocycles. The summed E-state index contributed by atoms with van der Waals surface area (Å²) in [5.41, 5.74) is 1.59. The van der Waals surface area contributed by atoms with Crippen molar-refractivity contribution in [1.29, 1.82) is 0 Å². The van der Waals surface area contributed by atoms with Crippen molar-refractivity contribution in [2.75, 3.05) is 14.2 Å². The molecule has 0 heterocycles. The smallest absolute Gasteiger partial charge is 0.335 e. The van der Waals surface area contributed by atoms with Gasteiger partial charge in [0.15, 0.2) is 0 Å². The van der Waals surface area contributed by atoms with E-state index in [4.69, 9.17) is 26.2 Å². The van der Waals surface area contributed by atoms with Gasteiger partial charge in [-0.2, -0.15) is 0 Å². The van der Waals surface area contributed by atoms with Crippen LogP contribution in [0.15, 0.2) is 36.4 Å². The molecule has 2 aromatic carbocycles. The summed E-state index contributed by atoms with van der Waals surface area (Å²) in [4.78, 5) is 11.0. The third-order valence-corrected chi connectivity index (χ3v) is 3.24. The van der Waals surface area contributed by atoms with Crippen molar-refractivity contribution in [3.8, 4) is 22.6 Å². The van der Waals surface area contributed by atoms with Crippen LogP contribution in [0.3, 0.4) is 0 Å². The Bertz CT molecular complexity index is 652. The summed E-state index contributed by atoms with van der Waals surface area (Å²) in [7, 11) is 3.05. The van der Waals surface area contributed by atoms with E-state index in [0.29, 0.717) is 22.1 Å². The zero-order valence-corrected chi connectivity index (χ0v) is 11.8. The van der Waals surface area contributed by atoms with E-state index in [-0.39, 0.29) is 5.56 Å². The lowest BCUT2D eigenvalue weighted by Crippen LogP contribution is -1.98. The predicted octanol–water partition coefficient (Wildman–Crippen LogP) is 3.72. The zero-order chi connectivity index (χ0) is 14.7. The molecule has 0 saturated heterocycles. The van der Waals surface area contributed by atoms with E-state index in [0.717, 1.165) is 5.56 Å². The molecule has 0 fully saturated rings. The van der Waals surface area contributed by atoms with E-state index in [9.17, 15) is 4.79 Å². The van der Waals surface area contributed by atoms with Crippen LogP contribution in [0.25, 0.3) is 11.1 Å². The minimum absolute atomic E-state index is 0.157. The third-order valence-electron chi connectivity index (χ3n) is 2.91. The highest BCUT2D eigenvalue weighted by Gasteiger charge is 2.13. The number of carboxylic acid groups (broad SMARTS) is 1. The summed E-state index contributed by atoms with van der Waals surface area (Å²) in [6.07, 6.45) is 0. The van der Waals surface area contributed by atoms with Gasteiger partial charge in [-0.1, -0.05) is 11.6 Å². The molecule has 104 valence electrons. The minimum Gasteiger partial charge on any atom is -0.497 e. The average Bonchev–Trinajstić information content (AvgIpc) is 2.47. The van der Waals surface area contributed by atoms with Gasteiger partial charge < -0.3 is 14.6 Å². The average molecular weight is 293 g/mol. The molecular weight excluding hydrogens is 280 g/mol. The number of hydrogen-bond acceptors (Lipinski definition) is 3. The molecule has 0 spiro atoms. The second kappa shape index (κ2) is 5.84. The number of methoxy groups -OCH3 is 2. The number of aromatic carboxylic acids is 1. The molecule has 2 aromatic rings. The monoisotopic (exact) mass is 292 g/mol. The van der Waals surface area contributed by atoms with E-state index in [1.54, 1.807) is 31.4 Å². The van der Waals surface area contributed by atoms with Crippen molar-refractivity contribution >= 4 is 17.6 Å². The van der Waals surface area contributed by atoms with Gasteiger partial charge in [-0.25, -0.2) is 4.79 Å². The Morgan fingerprint density at radius 3 is 2.40 bits per heavy atom. The second-order valence-electron chi connectivity index (χ2n) is 4.07. The van der Waals surface area contributed by atoms with Crippen molar-refractivity contribution in [2.24, 2.45) is 0 Å². The van der Waals surface area contributed by atoms with Crippen molar-refractivity contribution in [3.63, 3.8) is 0 Å². The highest BCUT2D eigenvalue weighted by molar-refractivity contribution is 6.33. The van der Waals surface area contributed by atoms with Crippen molar-refractivity contribution in [3.05, 3.63) is 47.0 Å². The molecule has 20 heavy (non-hydrogen) atoms.